The van der Waals surface area contributed by atoms with Gasteiger partial charge in [0.05, 0.1) is 12.8 Å². The molecule has 0 aromatic heterocycles. The van der Waals surface area contributed by atoms with Gasteiger partial charge >= 0.3 is 5.97 Å². The smallest absolute Gasteiger partial charge is 0.358 e. The molecule has 0 aliphatic carbocycles. The number of hydrogen-bond donors (Lipinski definition) is 0. The Kier molecular flexibility index (Phi) is 3.00. The molecule has 0 saturated heterocycles. The molecule has 0 saturated carbocycles. The Bertz CT molecular complexity index is 449. The number of carbonyl (C=O) groups is 1. The number of rotatable bonds is 3. The summed E-state index contributed by atoms with van der Waals surface area (Å²) >= 11 is 0. The van der Waals surface area contributed by atoms with Crippen LogP contribution in [0.4, 0.5) is 0 Å². The van der Waals surface area contributed by atoms with Gasteiger partial charge in [-0.1, -0.05) is 30.3 Å². The molecular formula is C12H11N2O2. The van der Waals surface area contributed by atoms with Crippen LogP contribution in [0.2, 0.25) is 0 Å². The topological polar surface area (TPSA) is 52.8 Å². The molecule has 1 aromatic rings. The van der Waals surface area contributed by atoms with Crippen molar-refractivity contribution >= 4 is 11.8 Å². The minimum atomic E-state index is -0.433. The molecule has 0 N–H and O–H groups in total. The Morgan fingerprint density at radius 2 is 2.06 bits per heavy atom. The first-order valence-electron chi connectivity index (χ1n) is 5.03. The van der Waals surface area contributed by atoms with Crippen molar-refractivity contribution in [3.05, 3.63) is 47.8 Å². The van der Waals surface area contributed by atoms with Crippen LogP contribution < -0.4 is 5.32 Å². The Morgan fingerprint density at radius 1 is 1.31 bits per heavy atom. The second kappa shape index (κ2) is 4.61. The van der Waals surface area contributed by atoms with Gasteiger partial charge in [-0.15, -0.1) is 0 Å². The van der Waals surface area contributed by atoms with Crippen LogP contribution in [0.15, 0.2) is 47.2 Å². The highest BCUT2D eigenvalue weighted by Crippen LogP contribution is 2.10. The monoisotopic (exact) mass is 215 g/mol. The maximum atomic E-state index is 11.4. The molecule has 0 unspecified atom stereocenters. The van der Waals surface area contributed by atoms with Crippen molar-refractivity contribution in [2.45, 2.75) is 6.92 Å². The first-order valence-corrected chi connectivity index (χ1v) is 5.03. The quantitative estimate of drug-likeness (QED) is 0.717. The van der Waals surface area contributed by atoms with Crippen LogP contribution >= 0.6 is 0 Å². The highest BCUT2D eigenvalue weighted by atomic mass is 16.5. The van der Waals surface area contributed by atoms with Gasteiger partial charge in [-0.25, -0.2) is 15.1 Å². The van der Waals surface area contributed by atoms with Gasteiger partial charge in [0.15, 0.2) is 11.5 Å². The highest BCUT2D eigenvalue weighted by Gasteiger charge is 2.20. The van der Waals surface area contributed by atoms with Crippen LogP contribution in [0.3, 0.4) is 0 Å². The number of hydrogen-bond acceptors (Lipinski definition) is 3. The zero-order valence-corrected chi connectivity index (χ0v) is 8.88. The number of benzene rings is 1. The van der Waals surface area contributed by atoms with Crippen LogP contribution in [-0.4, -0.2) is 18.4 Å². The van der Waals surface area contributed by atoms with Gasteiger partial charge in [0.1, 0.15) is 0 Å². The van der Waals surface area contributed by atoms with Crippen LogP contribution in [0, 0.1) is 0 Å². The van der Waals surface area contributed by atoms with E-state index in [1.54, 1.807) is 6.92 Å². The van der Waals surface area contributed by atoms with E-state index >= 15 is 0 Å². The van der Waals surface area contributed by atoms with Crippen molar-refractivity contribution in [1.29, 1.82) is 0 Å². The van der Waals surface area contributed by atoms with E-state index in [4.69, 9.17) is 4.74 Å². The maximum absolute atomic E-state index is 11.4. The molecule has 0 bridgehead atoms. The van der Waals surface area contributed by atoms with E-state index < -0.39 is 5.97 Å². The number of aliphatic imine (C=N–C) groups is 1. The predicted molar refractivity (Wildman–Crippen MR) is 59.8 cm³/mol. The first-order chi connectivity index (χ1) is 7.81. The van der Waals surface area contributed by atoms with Crippen LogP contribution in [0.1, 0.15) is 12.5 Å². The summed E-state index contributed by atoms with van der Waals surface area (Å²) in [5.41, 5.74) is 1.14. The standard InChI is InChI=1S/C12H11N2O2/c1-2-16-12(15)10-8-13-11(14-10)9-6-4-3-5-7-9/h3-8H,2H2,1H3. The van der Waals surface area contributed by atoms with Crippen molar-refractivity contribution in [2.24, 2.45) is 4.99 Å². The molecule has 4 nitrogen and oxygen atoms in total. The van der Waals surface area contributed by atoms with Crippen molar-refractivity contribution in [2.75, 3.05) is 6.61 Å². The summed E-state index contributed by atoms with van der Waals surface area (Å²) in [6.07, 6.45) is 1.43. The van der Waals surface area contributed by atoms with Crippen LogP contribution in [0.5, 0.6) is 0 Å². The first kappa shape index (κ1) is 10.4. The van der Waals surface area contributed by atoms with E-state index in [9.17, 15) is 4.79 Å². The van der Waals surface area contributed by atoms with Gasteiger partial charge < -0.3 is 4.74 Å². The molecule has 0 spiro atoms. The number of esters is 1. The number of ether oxygens (including phenoxy) is 1. The summed E-state index contributed by atoms with van der Waals surface area (Å²) in [5.74, 6) is 0.112. The highest BCUT2D eigenvalue weighted by molar-refractivity contribution is 6.06. The van der Waals surface area contributed by atoms with E-state index in [1.165, 1.54) is 6.20 Å². The zero-order chi connectivity index (χ0) is 11.4. The molecule has 1 aliphatic heterocycles. The number of amidine groups is 1. The Hall–Kier alpha value is -2.10. The summed E-state index contributed by atoms with van der Waals surface area (Å²) < 4.78 is 4.84. The summed E-state index contributed by atoms with van der Waals surface area (Å²) in [5, 5.41) is 4.11. The summed E-state index contributed by atoms with van der Waals surface area (Å²) in [4.78, 5) is 15.4. The largest absolute Gasteiger partial charge is 0.461 e. The summed E-state index contributed by atoms with van der Waals surface area (Å²) in [6.45, 7) is 2.10. The van der Waals surface area contributed by atoms with Gasteiger partial charge in [-0.3, -0.25) is 0 Å². The Morgan fingerprint density at radius 3 is 2.75 bits per heavy atom. The normalized spacial score (nSPS) is 13.8. The summed E-state index contributed by atoms with van der Waals surface area (Å²) in [7, 11) is 0. The van der Waals surface area contributed by atoms with Gasteiger partial charge in [0.2, 0.25) is 0 Å². The van der Waals surface area contributed by atoms with Gasteiger partial charge in [-0.05, 0) is 6.92 Å². The Balaban J connectivity index is 2.04. The fourth-order valence-corrected chi connectivity index (χ4v) is 1.32. The molecule has 0 amide bonds. The van der Waals surface area contributed by atoms with Crippen molar-refractivity contribution < 1.29 is 9.53 Å². The molecule has 2 rings (SSSR count). The average molecular weight is 215 g/mol. The van der Waals surface area contributed by atoms with Gasteiger partial charge in [0, 0.05) is 5.56 Å². The third kappa shape index (κ3) is 2.11. The van der Waals surface area contributed by atoms with Crippen molar-refractivity contribution in [1.82, 2.24) is 5.32 Å². The minimum Gasteiger partial charge on any atom is -0.461 e. The van der Waals surface area contributed by atoms with Crippen molar-refractivity contribution in [3.63, 3.8) is 0 Å². The molecule has 1 aliphatic rings. The fraction of sp³-hybridized carbons (Fsp3) is 0.167. The lowest BCUT2D eigenvalue weighted by Gasteiger charge is -2.03. The predicted octanol–water partition coefficient (Wildman–Crippen LogP) is 1.46. The van der Waals surface area contributed by atoms with E-state index in [0.29, 0.717) is 12.4 Å². The second-order valence-corrected chi connectivity index (χ2v) is 3.17. The van der Waals surface area contributed by atoms with Gasteiger partial charge in [-0.2, -0.15) is 0 Å². The zero-order valence-electron chi connectivity index (χ0n) is 8.88. The second-order valence-electron chi connectivity index (χ2n) is 3.17. The van der Waals surface area contributed by atoms with Crippen LogP contribution in [-0.2, 0) is 9.53 Å². The molecule has 1 radical (unpaired) electrons. The number of nitrogens with zero attached hydrogens (tertiary/aromatic N) is 2. The van der Waals surface area contributed by atoms with Crippen LogP contribution in [0.25, 0.3) is 0 Å². The molecule has 16 heavy (non-hydrogen) atoms. The lowest BCUT2D eigenvalue weighted by molar-refractivity contribution is -0.138. The van der Waals surface area contributed by atoms with E-state index in [2.05, 4.69) is 10.3 Å². The average Bonchev–Trinajstić information content (AvgIpc) is 2.80. The fourth-order valence-electron chi connectivity index (χ4n) is 1.32. The van der Waals surface area contributed by atoms with E-state index in [1.807, 2.05) is 30.3 Å². The maximum Gasteiger partial charge on any atom is 0.358 e. The minimum absolute atomic E-state index is 0.251. The molecule has 81 valence electrons. The molecule has 4 heteroatoms. The molecule has 0 fully saturated rings. The molecule has 1 aromatic carbocycles. The third-order valence-electron chi connectivity index (χ3n) is 2.05. The van der Waals surface area contributed by atoms with E-state index in [0.717, 1.165) is 5.56 Å². The lowest BCUT2D eigenvalue weighted by atomic mass is 10.2. The lowest BCUT2D eigenvalue weighted by Crippen LogP contribution is -2.19. The molecular weight excluding hydrogens is 204 g/mol. The van der Waals surface area contributed by atoms with E-state index in [-0.39, 0.29) is 5.70 Å². The number of carbonyl (C=O) groups excluding carboxylic acids is 1. The molecule has 1 heterocycles. The Labute approximate surface area is 93.6 Å². The summed E-state index contributed by atoms with van der Waals surface area (Å²) in [6, 6.07) is 9.50. The van der Waals surface area contributed by atoms with Crippen molar-refractivity contribution in [3.8, 4) is 0 Å². The van der Waals surface area contributed by atoms with Gasteiger partial charge in [0.25, 0.3) is 0 Å². The SMILES string of the molecule is CCOC(=O)C1=CN=C(c2ccccc2)[N]1. The third-order valence-corrected chi connectivity index (χ3v) is 2.05. The molecule has 0 atom stereocenters.